The summed E-state index contributed by atoms with van der Waals surface area (Å²) < 4.78 is 5.88. The smallest absolute Gasteiger partial charge is 0.251 e. The number of nitrogens with zero attached hydrogens (tertiary/aromatic N) is 5. The average Bonchev–Trinajstić information content (AvgIpc) is 3.01. The molecule has 0 bridgehead atoms. The second-order valence-electron chi connectivity index (χ2n) is 10.7. The van der Waals surface area contributed by atoms with E-state index >= 15 is 0 Å². The molecule has 1 aliphatic heterocycles. The lowest BCUT2D eigenvalue weighted by atomic mass is 9.90. The van der Waals surface area contributed by atoms with Gasteiger partial charge < -0.3 is 30.1 Å². The van der Waals surface area contributed by atoms with Crippen LogP contribution >= 0.6 is 0 Å². The van der Waals surface area contributed by atoms with E-state index in [-0.39, 0.29) is 29.9 Å². The molecule has 2 N–H and O–H groups in total. The van der Waals surface area contributed by atoms with Crippen LogP contribution < -0.4 is 15.4 Å². The molecule has 0 unspecified atom stereocenters. The van der Waals surface area contributed by atoms with Crippen molar-refractivity contribution in [2.75, 3.05) is 39.6 Å². The molecule has 10 heteroatoms. The number of carbonyl (C=O) groups is 2. The van der Waals surface area contributed by atoms with E-state index in [0.717, 1.165) is 31.4 Å². The molecule has 0 aromatic heterocycles. The van der Waals surface area contributed by atoms with Crippen LogP contribution in [-0.2, 0) is 4.79 Å². The number of amides is 2. The summed E-state index contributed by atoms with van der Waals surface area (Å²) in [6, 6.07) is 6.21. The van der Waals surface area contributed by atoms with Crippen molar-refractivity contribution in [1.29, 1.82) is 0 Å². The van der Waals surface area contributed by atoms with Crippen LogP contribution in [0.15, 0.2) is 39.7 Å². The summed E-state index contributed by atoms with van der Waals surface area (Å²) in [5.74, 6) is 1.39. The lowest BCUT2D eigenvalue weighted by Gasteiger charge is -2.33. The minimum absolute atomic E-state index is 0.0441. The molecule has 214 valence electrons. The Morgan fingerprint density at radius 1 is 1.23 bits per heavy atom. The zero-order valence-electron chi connectivity index (χ0n) is 24.6. The van der Waals surface area contributed by atoms with Crippen LogP contribution in [0.2, 0.25) is 0 Å². The molecule has 1 aromatic rings. The van der Waals surface area contributed by atoms with E-state index in [1.54, 1.807) is 30.1 Å². The number of nitrogens with one attached hydrogen (secondary N) is 2. The molecular weight excluding hydrogens is 494 g/mol. The fourth-order valence-electron chi connectivity index (χ4n) is 5.05. The molecule has 39 heavy (non-hydrogen) atoms. The molecule has 10 nitrogen and oxygen atoms in total. The van der Waals surface area contributed by atoms with E-state index in [0.29, 0.717) is 48.4 Å². The van der Waals surface area contributed by atoms with Crippen LogP contribution in [0, 0.1) is 0 Å². The number of aliphatic imine (C=N–C) groups is 2. The molecule has 0 saturated heterocycles. The maximum absolute atomic E-state index is 13.1. The molecule has 1 aliphatic carbocycles. The summed E-state index contributed by atoms with van der Waals surface area (Å²) in [6.07, 6.45) is 4.51. The van der Waals surface area contributed by atoms with Crippen molar-refractivity contribution in [3.8, 4) is 5.75 Å². The van der Waals surface area contributed by atoms with Gasteiger partial charge in [0.2, 0.25) is 11.9 Å². The minimum atomic E-state index is -0.106. The van der Waals surface area contributed by atoms with Gasteiger partial charge in [0.15, 0.2) is 5.82 Å². The van der Waals surface area contributed by atoms with Gasteiger partial charge in [0.05, 0.1) is 18.0 Å². The molecule has 0 radical (unpaired) electrons. The number of benzene rings is 1. The van der Waals surface area contributed by atoms with Crippen LogP contribution in [0.25, 0.3) is 0 Å². The normalized spacial score (nSPS) is 20.8. The highest BCUT2D eigenvalue weighted by Gasteiger charge is 2.27. The van der Waals surface area contributed by atoms with Crippen molar-refractivity contribution in [3.63, 3.8) is 0 Å². The fourth-order valence-corrected chi connectivity index (χ4v) is 5.05. The van der Waals surface area contributed by atoms with Crippen molar-refractivity contribution < 1.29 is 14.3 Å². The van der Waals surface area contributed by atoms with E-state index in [2.05, 4.69) is 60.1 Å². The largest absolute Gasteiger partial charge is 0.492 e. The second-order valence-corrected chi connectivity index (χ2v) is 10.7. The summed E-state index contributed by atoms with van der Waals surface area (Å²) in [4.78, 5) is 40.4. The molecule has 0 spiro atoms. The molecule has 2 amide bonds. The van der Waals surface area contributed by atoms with Crippen LogP contribution in [0.5, 0.6) is 5.75 Å². The van der Waals surface area contributed by atoms with E-state index in [1.165, 1.54) is 0 Å². The third-order valence-corrected chi connectivity index (χ3v) is 7.58. The Bertz CT molecular complexity index is 1100. The topological polar surface area (TPSA) is 102 Å². The molecular formula is C29H45N7O3. The molecule has 1 saturated carbocycles. The second kappa shape index (κ2) is 13.6. The summed E-state index contributed by atoms with van der Waals surface area (Å²) in [5, 5.41) is 6.41. The monoisotopic (exact) mass is 539 g/mol. The van der Waals surface area contributed by atoms with Gasteiger partial charge in [-0.25, -0.2) is 4.99 Å². The summed E-state index contributed by atoms with van der Waals surface area (Å²) in [6.45, 7) is 12.6. The first kappa shape index (κ1) is 30.1. The molecule has 1 aromatic carbocycles. The standard InChI is InChI=1S/C29H45N7O3/c1-9-39-25-18-21(28(38)31-22-11-13-23(14-12-22)34(6)7)10-15-24(25)32-29(30-5)33-27-20(4)35(8)26(37)16-17-36(27)19(2)3/h10,15,18-19,22-23H,5,9,11-14,16-17H2,1-4,6-8H3,(H,31,38)(H,32,33). The van der Waals surface area contributed by atoms with Gasteiger partial charge in [-0.05, 0) is 92.4 Å². The Labute approximate surface area is 233 Å². The number of hydrogen-bond donors (Lipinski definition) is 2. The predicted molar refractivity (Wildman–Crippen MR) is 157 cm³/mol. The molecule has 0 atom stereocenters. The average molecular weight is 540 g/mol. The van der Waals surface area contributed by atoms with E-state index in [4.69, 9.17) is 9.73 Å². The van der Waals surface area contributed by atoms with Gasteiger partial charge in [-0.15, -0.1) is 0 Å². The van der Waals surface area contributed by atoms with E-state index < -0.39 is 0 Å². The number of carbonyl (C=O) groups excluding carboxylic acids is 2. The maximum atomic E-state index is 13.1. The number of anilines is 1. The minimum Gasteiger partial charge on any atom is -0.492 e. The van der Waals surface area contributed by atoms with Gasteiger partial charge in [0.25, 0.3) is 5.91 Å². The fraction of sp³-hybridized carbons (Fsp3) is 0.586. The quantitative estimate of drug-likeness (QED) is 0.384. The Balaban J connectivity index is 1.82. The summed E-state index contributed by atoms with van der Waals surface area (Å²) in [5.41, 5.74) is 1.90. The van der Waals surface area contributed by atoms with Crippen molar-refractivity contribution >= 4 is 30.2 Å². The lowest BCUT2D eigenvalue weighted by molar-refractivity contribution is -0.127. The molecule has 1 fully saturated rings. The zero-order chi connectivity index (χ0) is 28.7. The highest BCUT2D eigenvalue weighted by Crippen LogP contribution is 2.28. The Kier molecular flexibility index (Phi) is 10.5. The van der Waals surface area contributed by atoms with Crippen LogP contribution in [0.4, 0.5) is 5.69 Å². The molecule has 1 heterocycles. The zero-order valence-corrected chi connectivity index (χ0v) is 24.6. The van der Waals surface area contributed by atoms with Gasteiger partial charge in [-0.3, -0.25) is 9.59 Å². The van der Waals surface area contributed by atoms with Gasteiger partial charge in [-0.2, -0.15) is 4.99 Å². The van der Waals surface area contributed by atoms with Gasteiger partial charge >= 0.3 is 0 Å². The Morgan fingerprint density at radius 2 is 1.92 bits per heavy atom. The predicted octanol–water partition coefficient (Wildman–Crippen LogP) is 3.92. The van der Waals surface area contributed by atoms with Gasteiger partial charge in [0, 0.05) is 43.7 Å². The highest BCUT2D eigenvalue weighted by atomic mass is 16.5. The van der Waals surface area contributed by atoms with Crippen molar-refractivity contribution in [2.24, 2.45) is 9.98 Å². The number of allylic oxidation sites excluding steroid dienone is 1. The van der Waals surface area contributed by atoms with Crippen LogP contribution in [0.3, 0.4) is 0 Å². The Hall–Kier alpha value is -3.40. The summed E-state index contributed by atoms with van der Waals surface area (Å²) in [7, 11) is 5.98. The number of ether oxygens (including phenoxy) is 1. The number of rotatable bonds is 8. The summed E-state index contributed by atoms with van der Waals surface area (Å²) >= 11 is 0. The van der Waals surface area contributed by atoms with Crippen molar-refractivity contribution in [3.05, 3.63) is 35.3 Å². The third-order valence-electron chi connectivity index (χ3n) is 7.58. The SMILES string of the molecule is C=N/C(=N\C1=C(C)N(C)C(=O)CCN1C(C)C)Nc1ccc(C(=O)NC2CCC(N(C)C)CC2)cc1OCC. The van der Waals surface area contributed by atoms with Crippen molar-refractivity contribution in [2.45, 2.75) is 77.9 Å². The Morgan fingerprint density at radius 3 is 2.51 bits per heavy atom. The molecule has 3 rings (SSSR count). The first-order valence-corrected chi connectivity index (χ1v) is 13.9. The first-order chi connectivity index (χ1) is 18.5. The first-order valence-electron chi connectivity index (χ1n) is 13.9. The number of hydrogen-bond acceptors (Lipinski definition) is 6. The van der Waals surface area contributed by atoms with Crippen LogP contribution in [0.1, 0.15) is 70.2 Å². The number of guanidine groups is 1. The lowest BCUT2D eigenvalue weighted by Crippen LogP contribution is -2.41. The van der Waals surface area contributed by atoms with Crippen molar-refractivity contribution in [1.82, 2.24) is 20.0 Å². The van der Waals surface area contributed by atoms with E-state index in [9.17, 15) is 9.59 Å². The maximum Gasteiger partial charge on any atom is 0.251 e. The highest BCUT2D eigenvalue weighted by molar-refractivity contribution is 6.00. The van der Waals surface area contributed by atoms with Crippen LogP contribution in [-0.4, -0.2) is 91.6 Å². The van der Waals surface area contributed by atoms with E-state index in [1.807, 2.05) is 13.8 Å². The molecule has 2 aliphatic rings. The van der Waals surface area contributed by atoms with Gasteiger partial charge in [-0.1, -0.05) is 0 Å². The third kappa shape index (κ3) is 7.59. The van der Waals surface area contributed by atoms with Gasteiger partial charge in [0.1, 0.15) is 5.75 Å².